The van der Waals surface area contributed by atoms with Gasteiger partial charge in [0, 0.05) is 22.7 Å². The molecule has 0 aliphatic heterocycles. The van der Waals surface area contributed by atoms with Gasteiger partial charge >= 0.3 is 0 Å². The number of rotatable bonds is 4. The summed E-state index contributed by atoms with van der Waals surface area (Å²) < 4.78 is 6.97. The Balaban J connectivity index is 1.72. The Morgan fingerprint density at radius 2 is 1.79 bits per heavy atom. The third kappa shape index (κ3) is 3.48. The van der Waals surface area contributed by atoms with E-state index in [9.17, 15) is 4.79 Å². The van der Waals surface area contributed by atoms with Crippen LogP contribution in [0.4, 0.5) is 0 Å². The Kier molecular flexibility index (Phi) is 4.83. The second kappa shape index (κ2) is 7.44. The minimum Gasteiger partial charge on any atom is -0.332 e. The second-order valence-corrected chi connectivity index (χ2v) is 7.27. The van der Waals surface area contributed by atoms with Gasteiger partial charge in [-0.2, -0.15) is 10.1 Å². The minimum absolute atomic E-state index is 0.104. The van der Waals surface area contributed by atoms with Gasteiger partial charge in [-0.25, -0.2) is 4.68 Å². The number of hydrogen-bond donors (Lipinski definition) is 0. The Bertz CT molecular complexity index is 1200. The van der Waals surface area contributed by atoms with E-state index in [1.165, 1.54) is 11.6 Å². The summed E-state index contributed by atoms with van der Waals surface area (Å²) in [6.45, 7) is 4.09. The first-order chi connectivity index (χ1) is 13.5. The van der Waals surface area contributed by atoms with Gasteiger partial charge in [-0.1, -0.05) is 11.2 Å². The first-order valence-electron chi connectivity index (χ1n) is 8.71. The van der Waals surface area contributed by atoms with Crippen molar-refractivity contribution in [2.45, 2.75) is 18.7 Å². The molecule has 140 valence electrons. The van der Waals surface area contributed by atoms with Crippen LogP contribution in [0.2, 0.25) is 0 Å². The van der Waals surface area contributed by atoms with Crippen LogP contribution in [0.5, 0.6) is 0 Å². The second-order valence-electron chi connectivity index (χ2n) is 6.39. The van der Waals surface area contributed by atoms with Crippen molar-refractivity contribution in [2.75, 3.05) is 6.26 Å². The summed E-state index contributed by atoms with van der Waals surface area (Å²) in [6.07, 6.45) is 3.65. The van der Waals surface area contributed by atoms with Crippen molar-refractivity contribution < 1.29 is 4.52 Å². The van der Waals surface area contributed by atoms with Gasteiger partial charge in [-0.15, -0.1) is 11.8 Å². The molecule has 0 aliphatic carbocycles. The number of nitrogens with zero attached hydrogens (tertiary/aromatic N) is 4. The van der Waals surface area contributed by atoms with E-state index in [0.29, 0.717) is 5.82 Å². The van der Waals surface area contributed by atoms with Crippen LogP contribution in [-0.2, 0) is 0 Å². The molecule has 0 fully saturated rings. The zero-order valence-corrected chi connectivity index (χ0v) is 16.5. The van der Waals surface area contributed by atoms with E-state index in [2.05, 4.69) is 22.2 Å². The van der Waals surface area contributed by atoms with Crippen molar-refractivity contribution in [1.29, 1.82) is 0 Å². The monoisotopic (exact) mass is 390 g/mol. The SMILES string of the molecule is CSc1ccc(-c2noc(-c3nn(-c4ccc(C)c(C)c4)ccc3=O)n2)cc1. The predicted octanol–water partition coefficient (Wildman–Crippen LogP) is 4.29. The van der Waals surface area contributed by atoms with E-state index in [1.54, 1.807) is 22.6 Å². The minimum atomic E-state index is -0.270. The van der Waals surface area contributed by atoms with Crippen LogP contribution in [0.3, 0.4) is 0 Å². The first-order valence-corrected chi connectivity index (χ1v) is 9.94. The average molecular weight is 390 g/mol. The molecule has 0 atom stereocenters. The molecule has 0 saturated heterocycles. The zero-order valence-electron chi connectivity index (χ0n) is 15.7. The van der Waals surface area contributed by atoms with Crippen molar-refractivity contribution in [3.63, 3.8) is 0 Å². The van der Waals surface area contributed by atoms with E-state index >= 15 is 0 Å². The molecule has 0 aliphatic rings. The van der Waals surface area contributed by atoms with E-state index in [4.69, 9.17) is 4.52 Å². The van der Waals surface area contributed by atoms with Gasteiger partial charge < -0.3 is 4.52 Å². The van der Waals surface area contributed by atoms with Crippen molar-refractivity contribution in [1.82, 2.24) is 19.9 Å². The van der Waals surface area contributed by atoms with E-state index in [1.807, 2.05) is 55.6 Å². The average Bonchev–Trinajstić information content (AvgIpc) is 3.20. The highest BCUT2D eigenvalue weighted by atomic mass is 32.2. The van der Waals surface area contributed by atoms with Gasteiger partial charge in [0.05, 0.1) is 5.69 Å². The number of aryl methyl sites for hydroxylation is 2. The number of hydrogen-bond acceptors (Lipinski definition) is 6. The lowest BCUT2D eigenvalue weighted by Crippen LogP contribution is -2.12. The zero-order chi connectivity index (χ0) is 19.7. The first kappa shape index (κ1) is 18.2. The lowest BCUT2D eigenvalue weighted by atomic mass is 10.1. The molecular weight excluding hydrogens is 372 g/mol. The van der Waals surface area contributed by atoms with Crippen molar-refractivity contribution in [2.24, 2.45) is 0 Å². The number of aromatic nitrogens is 4. The van der Waals surface area contributed by atoms with Crippen LogP contribution < -0.4 is 5.43 Å². The molecular formula is C21H18N4O2S. The van der Waals surface area contributed by atoms with Gasteiger partial charge in [-0.05, 0) is 67.6 Å². The van der Waals surface area contributed by atoms with Gasteiger partial charge in [0.15, 0.2) is 5.69 Å². The fourth-order valence-electron chi connectivity index (χ4n) is 2.74. The normalized spacial score (nSPS) is 11.0. The smallest absolute Gasteiger partial charge is 0.282 e. The fraction of sp³-hybridized carbons (Fsp3) is 0.143. The summed E-state index contributed by atoms with van der Waals surface area (Å²) in [4.78, 5) is 17.9. The van der Waals surface area contributed by atoms with Crippen LogP contribution in [0.1, 0.15) is 11.1 Å². The lowest BCUT2D eigenvalue weighted by Gasteiger charge is -2.08. The molecule has 2 aromatic heterocycles. The Morgan fingerprint density at radius 1 is 1.00 bits per heavy atom. The fourth-order valence-corrected chi connectivity index (χ4v) is 3.15. The van der Waals surface area contributed by atoms with Crippen LogP contribution in [-0.4, -0.2) is 26.2 Å². The molecule has 0 unspecified atom stereocenters. The Hall–Kier alpha value is -3.19. The molecule has 0 radical (unpaired) electrons. The van der Waals surface area contributed by atoms with Crippen LogP contribution in [0.25, 0.3) is 28.7 Å². The standard InChI is InChI=1S/C21H18N4O2S/c1-13-4-7-16(12-14(13)2)25-11-10-18(26)19(23-25)21-22-20(24-27-21)15-5-8-17(28-3)9-6-15/h4-12H,1-3H3. The summed E-state index contributed by atoms with van der Waals surface area (Å²) >= 11 is 1.66. The molecule has 0 saturated carbocycles. The lowest BCUT2D eigenvalue weighted by molar-refractivity contribution is 0.429. The van der Waals surface area contributed by atoms with E-state index in [-0.39, 0.29) is 17.0 Å². The molecule has 0 bridgehead atoms. The van der Waals surface area contributed by atoms with E-state index in [0.717, 1.165) is 21.7 Å². The van der Waals surface area contributed by atoms with Gasteiger partial charge in [0.1, 0.15) is 0 Å². The molecule has 0 spiro atoms. The Morgan fingerprint density at radius 3 is 2.50 bits per heavy atom. The van der Waals surface area contributed by atoms with Crippen molar-refractivity contribution in [3.05, 3.63) is 76.1 Å². The quantitative estimate of drug-likeness (QED) is 0.484. The van der Waals surface area contributed by atoms with Gasteiger partial charge in [0.25, 0.3) is 5.89 Å². The summed E-state index contributed by atoms with van der Waals surface area (Å²) in [5.41, 5.74) is 3.87. The van der Waals surface area contributed by atoms with Gasteiger partial charge in [0.2, 0.25) is 11.3 Å². The maximum Gasteiger partial charge on any atom is 0.282 e. The molecule has 28 heavy (non-hydrogen) atoms. The maximum absolute atomic E-state index is 12.3. The molecule has 4 rings (SSSR count). The summed E-state index contributed by atoms with van der Waals surface area (Å²) in [7, 11) is 0. The predicted molar refractivity (Wildman–Crippen MR) is 110 cm³/mol. The highest BCUT2D eigenvalue weighted by Crippen LogP contribution is 2.23. The summed E-state index contributed by atoms with van der Waals surface area (Å²) in [6, 6.07) is 15.3. The maximum atomic E-state index is 12.3. The third-order valence-electron chi connectivity index (χ3n) is 4.54. The van der Waals surface area contributed by atoms with Crippen LogP contribution >= 0.6 is 11.8 Å². The Labute approximate surface area is 166 Å². The van der Waals surface area contributed by atoms with E-state index < -0.39 is 0 Å². The topological polar surface area (TPSA) is 73.8 Å². The van der Waals surface area contributed by atoms with Crippen molar-refractivity contribution in [3.8, 4) is 28.7 Å². The summed E-state index contributed by atoms with van der Waals surface area (Å²) in [5.74, 6) is 0.526. The summed E-state index contributed by atoms with van der Waals surface area (Å²) in [5, 5.41) is 8.43. The number of thioether (sulfide) groups is 1. The molecule has 7 heteroatoms. The molecule has 2 aromatic carbocycles. The third-order valence-corrected chi connectivity index (χ3v) is 5.28. The van der Waals surface area contributed by atoms with Gasteiger partial charge in [-0.3, -0.25) is 4.79 Å². The molecule has 0 amide bonds. The molecule has 4 aromatic rings. The highest BCUT2D eigenvalue weighted by molar-refractivity contribution is 7.98. The van der Waals surface area contributed by atoms with Crippen molar-refractivity contribution >= 4 is 11.8 Å². The highest BCUT2D eigenvalue weighted by Gasteiger charge is 2.16. The molecule has 0 N–H and O–H groups in total. The van der Waals surface area contributed by atoms with Crippen LogP contribution in [0, 0.1) is 13.8 Å². The van der Waals surface area contributed by atoms with Crippen LogP contribution in [0.15, 0.2) is 68.9 Å². The molecule has 6 nitrogen and oxygen atoms in total. The number of benzene rings is 2. The molecule has 2 heterocycles. The largest absolute Gasteiger partial charge is 0.332 e.